The molecule has 0 atom stereocenters. The average Bonchev–Trinajstić information content (AvgIpc) is 3.21. The van der Waals surface area contributed by atoms with Gasteiger partial charge in [0.15, 0.2) is 11.5 Å². The molecule has 0 aliphatic heterocycles. The average molecular weight is 412 g/mol. The van der Waals surface area contributed by atoms with Crippen molar-refractivity contribution < 1.29 is 19.0 Å². The van der Waals surface area contributed by atoms with Gasteiger partial charge in [-0.2, -0.15) is 0 Å². The fourth-order valence-electron chi connectivity index (χ4n) is 2.88. The van der Waals surface area contributed by atoms with Crippen LogP contribution in [0.15, 0.2) is 47.8 Å². The van der Waals surface area contributed by atoms with Gasteiger partial charge in [-0.15, -0.1) is 11.3 Å². The second-order valence-corrected chi connectivity index (χ2v) is 7.81. The molecule has 5 nitrogen and oxygen atoms in total. The Morgan fingerprint density at radius 1 is 1.03 bits per heavy atom. The number of nitrogens with zero attached hydrogens (tertiary/aromatic N) is 1. The van der Waals surface area contributed by atoms with Gasteiger partial charge in [0, 0.05) is 10.9 Å². The topological polar surface area (TPSA) is 57.7 Å². The van der Waals surface area contributed by atoms with Crippen molar-refractivity contribution in [3.05, 3.63) is 64.7 Å². The minimum atomic E-state index is -0.312. The van der Waals surface area contributed by atoms with Gasteiger partial charge in [0.1, 0.15) is 11.6 Å². The molecular formula is C23H25NO4S. The minimum absolute atomic E-state index is 0.159. The van der Waals surface area contributed by atoms with E-state index in [4.69, 9.17) is 14.2 Å². The molecule has 0 saturated heterocycles. The Morgan fingerprint density at radius 2 is 1.76 bits per heavy atom. The number of hydrogen-bond donors (Lipinski definition) is 0. The summed E-state index contributed by atoms with van der Waals surface area (Å²) in [6, 6.07) is 13.8. The molecule has 152 valence electrons. The number of hydrogen-bond acceptors (Lipinski definition) is 6. The van der Waals surface area contributed by atoms with Gasteiger partial charge < -0.3 is 14.2 Å². The normalized spacial score (nSPS) is 10.8. The summed E-state index contributed by atoms with van der Waals surface area (Å²) in [4.78, 5) is 16.8. The van der Waals surface area contributed by atoms with Crippen LogP contribution in [0.1, 0.15) is 36.6 Å². The molecule has 0 N–H and O–H groups in total. The van der Waals surface area contributed by atoms with E-state index in [0.717, 1.165) is 21.8 Å². The van der Waals surface area contributed by atoms with E-state index in [0.29, 0.717) is 17.4 Å². The molecule has 0 spiro atoms. The molecule has 0 aliphatic carbocycles. The van der Waals surface area contributed by atoms with Crippen LogP contribution in [0, 0.1) is 0 Å². The van der Waals surface area contributed by atoms with E-state index in [1.165, 1.54) is 5.56 Å². The highest BCUT2D eigenvalue weighted by Crippen LogP contribution is 2.28. The van der Waals surface area contributed by atoms with Crippen LogP contribution in [0.25, 0.3) is 10.6 Å². The summed E-state index contributed by atoms with van der Waals surface area (Å²) in [5.74, 6) is 1.40. The van der Waals surface area contributed by atoms with Gasteiger partial charge in [-0.05, 0) is 29.2 Å². The van der Waals surface area contributed by atoms with Crippen LogP contribution in [-0.2, 0) is 22.6 Å². The first kappa shape index (κ1) is 20.9. The predicted octanol–water partition coefficient (Wildman–Crippen LogP) is 5.24. The Morgan fingerprint density at radius 3 is 2.41 bits per heavy atom. The maximum absolute atomic E-state index is 12.2. The fraction of sp³-hybridized carbons (Fsp3) is 0.304. The summed E-state index contributed by atoms with van der Waals surface area (Å²) in [7, 11) is 3.14. The van der Waals surface area contributed by atoms with Crippen LogP contribution in [0.3, 0.4) is 0 Å². The Labute approximate surface area is 175 Å². The van der Waals surface area contributed by atoms with Gasteiger partial charge in [0.25, 0.3) is 0 Å². The van der Waals surface area contributed by atoms with E-state index in [2.05, 4.69) is 43.1 Å². The first-order valence-electron chi connectivity index (χ1n) is 9.41. The molecule has 0 radical (unpaired) electrons. The highest BCUT2D eigenvalue weighted by atomic mass is 32.1. The summed E-state index contributed by atoms with van der Waals surface area (Å²) in [6.45, 7) is 4.51. The van der Waals surface area contributed by atoms with Gasteiger partial charge in [-0.1, -0.05) is 44.2 Å². The maximum Gasteiger partial charge on any atom is 0.310 e. The Bertz CT molecular complexity index is 963. The molecule has 1 heterocycles. The molecule has 0 amide bonds. The van der Waals surface area contributed by atoms with Crippen LogP contribution in [-0.4, -0.2) is 25.2 Å². The molecule has 0 bridgehead atoms. The molecule has 0 saturated carbocycles. The number of esters is 1. The first-order chi connectivity index (χ1) is 14.0. The number of thiazole rings is 1. The Kier molecular flexibility index (Phi) is 6.88. The lowest BCUT2D eigenvalue weighted by Crippen LogP contribution is -2.08. The van der Waals surface area contributed by atoms with E-state index in [1.54, 1.807) is 37.7 Å². The van der Waals surface area contributed by atoms with Gasteiger partial charge in [-0.25, -0.2) is 4.98 Å². The third-order valence-corrected chi connectivity index (χ3v) is 5.49. The van der Waals surface area contributed by atoms with Crippen molar-refractivity contribution in [2.45, 2.75) is 32.8 Å². The second kappa shape index (κ2) is 9.56. The summed E-state index contributed by atoms with van der Waals surface area (Å²) in [5.41, 5.74) is 3.92. The van der Waals surface area contributed by atoms with E-state index in [9.17, 15) is 4.79 Å². The zero-order chi connectivity index (χ0) is 20.8. The number of rotatable bonds is 8. The van der Waals surface area contributed by atoms with Crippen molar-refractivity contribution >= 4 is 17.3 Å². The molecule has 2 aromatic carbocycles. The van der Waals surface area contributed by atoms with Crippen molar-refractivity contribution in [2.24, 2.45) is 0 Å². The van der Waals surface area contributed by atoms with Gasteiger partial charge >= 0.3 is 5.97 Å². The molecule has 1 aromatic heterocycles. The van der Waals surface area contributed by atoms with E-state index < -0.39 is 0 Å². The summed E-state index contributed by atoms with van der Waals surface area (Å²) in [6.07, 6.45) is 0.161. The van der Waals surface area contributed by atoms with Crippen LogP contribution in [0.2, 0.25) is 0 Å². The van der Waals surface area contributed by atoms with Gasteiger partial charge in [-0.3, -0.25) is 4.79 Å². The lowest BCUT2D eigenvalue weighted by Gasteiger charge is -2.09. The number of carbonyl (C=O) groups excluding carboxylic acids is 1. The van der Waals surface area contributed by atoms with Crippen LogP contribution in [0.4, 0.5) is 0 Å². The molecule has 3 rings (SSSR count). The smallest absolute Gasteiger partial charge is 0.310 e. The molecule has 0 fully saturated rings. The number of benzene rings is 2. The lowest BCUT2D eigenvalue weighted by atomic mass is 10.0. The SMILES string of the molecule is COc1ccc(CC(=O)OCc2csc(-c3ccc(C(C)C)cc3)n2)cc1OC. The minimum Gasteiger partial charge on any atom is -0.493 e. The van der Waals surface area contributed by atoms with Gasteiger partial charge in [0.2, 0.25) is 0 Å². The summed E-state index contributed by atoms with van der Waals surface area (Å²) in [5, 5.41) is 2.85. The van der Waals surface area contributed by atoms with E-state index >= 15 is 0 Å². The van der Waals surface area contributed by atoms with Crippen LogP contribution >= 0.6 is 11.3 Å². The lowest BCUT2D eigenvalue weighted by molar-refractivity contribution is -0.144. The molecule has 3 aromatic rings. The number of carbonyl (C=O) groups is 1. The highest BCUT2D eigenvalue weighted by molar-refractivity contribution is 7.13. The Balaban J connectivity index is 1.57. The zero-order valence-corrected chi connectivity index (χ0v) is 17.9. The standard InChI is InChI=1S/C23H25NO4S/c1-15(2)17-6-8-18(9-7-17)23-24-19(14-29-23)13-28-22(25)12-16-5-10-20(26-3)21(11-16)27-4/h5-11,14-15H,12-13H2,1-4H3. The monoisotopic (exact) mass is 411 g/mol. The third kappa shape index (κ3) is 5.35. The molecule has 0 unspecified atom stereocenters. The second-order valence-electron chi connectivity index (χ2n) is 6.95. The number of ether oxygens (including phenoxy) is 3. The van der Waals surface area contributed by atoms with Crippen molar-refractivity contribution in [1.82, 2.24) is 4.98 Å². The number of methoxy groups -OCH3 is 2. The third-order valence-electron chi connectivity index (χ3n) is 4.55. The predicted molar refractivity (Wildman–Crippen MR) is 115 cm³/mol. The number of aromatic nitrogens is 1. The first-order valence-corrected chi connectivity index (χ1v) is 10.3. The van der Waals surface area contributed by atoms with Crippen molar-refractivity contribution in [2.75, 3.05) is 14.2 Å². The van der Waals surface area contributed by atoms with Crippen molar-refractivity contribution in [1.29, 1.82) is 0 Å². The quantitative estimate of drug-likeness (QED) is 0.475. The van der Waals surface area contributed by atoms with Crippen LogP contribution < -0.4 is 9.47 Å². The fourth-order valence-corrected chi connectivity index (χ4v) is 3.69. The molecular weight excluding hydrogens is 386 g/mol. The summed E-state index contributed by atoms with van der Waals surface area (Å²) < 4.78 is 15.9. The molecule has 0 aliphatic rings. The highest BCUT2D eigenvalue weighted by Gasteiger charge is 2.11. The van der Waals surface area contributed by atoms with Crippen molar-refractivity contribution in [3.63, 3.8) is 0 Å². The molecule has 29 heavy (non-hydrogen) atoms. The largest absolute Gasteiger partial charge is 0.493 e. The summed E-state index contributed by atoms with van der Waals surface area (Å²) >= 11 is 1.55. The van der Waals surface area contributed by atoms with Crippen molar-refractivity contribution in [3.8, 4) is 22.1 Å². The Hall–Kier alpha value is -2.86. The van der Waals surface area contributed by atoms with Crippen LogP contribution in [0.5, 0.6) is 11.5 Å². The van der Waals surface area contributed by atoms with E-state index in [1.807, 2.05) is 11.4 Å². The zero-order valence-electron chi connectivity index (χ0n) is 17.1. The van der Waals surface area contributed by atoms with Gasteiger partial charge in [0.05, 0.1) is 26.3 Å². The molecule has 6 heteroatoms. The maximum atomic E-state index is 12.2. The van der Waals surface area contributed by atoms with E-state index in [-0.39, 0.29) is 19.0 Å².